The maximum absolute atomic E-state index is 12.9. The summed E-state index contributed by atoms with van der Waals surface area (Å²) in [5.41, 5.74) is -1.23. The van der Waals surface area contributed by atoms with Crippen molar-refractivity contribution < 1.29 is 22.7 Å². The Morgan fingerprint density at radius 1 is 1.37 bits per heavy atom. The Morgan fingerprint density at radius 3 is 2.47 bits per heavy atom. The number of nitrogens with one attached hydrogen (secondary N) is 2. The number of rotatable bonds is 4. The second kappa shape index (κ2) is 5.92. The van der Waals surface area contributed by atoms with Gasteiger partial charge >= 0.3 is 6.18 Å². The fourth-order valence-electron chi connectivity index (χ4n) is 1.37. The third-order valence-corrected chi connectivity index (χ3v) is 2.62. The molecule has 0 saturated carbocycles. The lowest BCUT2D eigenvalue weighted by Crippen LogP contribution is -2.36. The molecule has 1 aromatic rings. The van der Waals surface area contributed by atoms with Crippen molar-refractivity contribution >= 4 is 11.6 Å². The van der Waals surface area contributed by atoms with Crippen LogP contribution in [0.1, 0.15) is 12.5 Å². The summed E-state index contributed by atoms with van der Waals surface area (Å²) in [5, 5.41) is 4.89. The molecule has 1 unspecified atom stereocenters. The number of methoxy groups -OCH3 is 1. The smallest absolute Gasteiger partial charge is 0.418 e. The van der Waals surface area contributed by atoms with Crippen LogP contribution in [0.5, 0.6) is 5.75 Å². The minimum atomic E-state index is -4.57. The van der Waals surface area contributed by atoms with Gasteiger partial charge in [0, 0.05) is 0 Å². The van der Waals surface area contributed by atoms with E-state index in [9.17, 15) is 18.0 Å². The topological polar surface area (TPSA) is 50.4 Å². The van der Waals surface area contributed by atoms with Crippen LogP contribution < -0.4 is 15.4 Å². The van der Waals surface area contributed by atoms with Crippen LogP contribution in [-0.2, 0) is 11.0 Å². The number of anilines is 1. The van der Waals surface area contributed by atoms with Crippen molar-refractivity contribution in [1.82, 2.24) is 5.32 Å². The van der Waals surface area contributed by atoms with Crippen LogP contribution in [0.15, 0.2) is 18.2 Å². The van der Waals surface area contributed by atoms with E-state index in [-0.39, 0.29) is 11.4 Å². The third-order valence-electron chi connectivity index (χ3n) is 2.62. The summed E-state index contributed by atoms with van der Waals surface area (Å²) in [6, 6.07) is 2.78. The number of likely N-dealkylation sites (N-methyl/N-ethyl adjacent to an activating group) is 1. The summed E-state index contributed by atoms with van der Waals surface area (Å²) in [4.78, 5) is 11.6. The average molecular weight is 276 g/mol. The highest BCUT2D eigenvalue weighted by atomic mass is 19.4. The van der Waals surface area contributed by atoms with Crippen LogP contribution in [0.3, 0.4) is 0 Å². The van der Waals surface area contributed by atoms with Crippen LogP contribution in [0.4, 0.5) is 18.9 Å². The van der Waals surface area contributed by atoms with Crippen LogP contribution in [-0.4, -0.2) is 26.1 Å². The van der Waals surface area contributed by atoms with Crippen molar-refractivity contribution in [2.45, 2.75) is 19.1 Å². The Bertz CT molecular complexity index is 461. The molecular formula is C12H15F3N2O2. The van der Waals surface area contributed by atoms with Gasteiger partial charge in [-0.3, -0.25) is 4.79 Å². The van der Waals surface area contributed by atoms with Crippen molar-refractivity contribution in [3.63, 3.8) is 0 Å². The first-order valence-corrected chi connectivity index (χ1v) is 5.53. The summed E-state index contributed by atoms with van der Waals surface area (Å²) >= 11 is 0. The molecule has 1 aromatic carbocycles. The van der Waals surface area contributed by atoms with Crippen molar-refractivity contribution in [1.29, 1.82) is 0 Å². The molecule has 0 bridgehead atoms. The molecule has 0 fully saturated rings. The van der Waals surface area contributed by atoms with Crippen molar-refractivity contribution in [2.75, 3.05) is 19.5 Å². The zero-order valence-electron chi connectivity index (χ0n) is 10.8. The number of amides is 1. The molecule has 1 atom stereocenters. The van der Waals surface area contributed by atoms with Crippen LogP contribution in [0.2, 0.25) is 0 Å². The Balaban J connectivity index is 3.10. The molecule has 106 valence electrons. The lowest BCUT2D eigenvalue weighted by Gasteiger charge is -2.17. The normalized spacial score (nSPS) is 12.9. The number of hydrogen-bond donors (Lipinski definition) is 2. The molecule has 0 saturated heterocycles. The molecule has 0 spiro atoms. The van der Waals surface area contributed by atoms with E-state index in [1.165, 1.54) is 19.2 Å². The first kappa shape index (κ1) is 15.3. The number of halogens is 3. The molecule has 4 nitrogen and oxygen atoms in total. The van der Waals surface area contributed by atoms with Gasteiger partial charge in [-0.15, -0.1) is 0 Å². The predicted octanol–water partition coefficient (Wildman–Crippen LogP) is 2.26. The van der Waals surface area contributed by atoms with E-state index in [0.29, 0.717) is 0 Å². The summed E-state index contributed by atoms with van der Waals surface area (Å²) in [7, 11) is 2.82. The quantitative estimate of drug-likeness (QED) is 0.887. The van der Waals surface area contributed by atoms with Gasteiger partial charge in [-0.1, -0.05) is 0 Å². The molecule has 1 amide bonds. The molecule has 7 heteroatoms. The van der Waals surface area contributed by atoms with Gasteiger partial charge in [-0.25, -0.2) is 0 Å². The molecule has 2 N–H and O–H groups in total. The fourth-order valence-corrected chi connectivity index (χ4v) is 1.37. The first-order valence-electron chi connectivity index (χ1n) is 5.53. The van der Waals surface area contributed by atoms with Gasteiger partial charge in [-0.2, -0.15) is 13.2 Å². The summed E-state index contributed by atoms with van der Waals surface area (Å²) in [6.07, 6.45) is -4.57. The highest BCUT2D eigenvalue weighted by molar-refractivity contribution is 5.95. The minimum absolute atomic E-state index is 0.0759. The maximum atomic E-state index is 12.9. The molecule has 19 heavy (non-hydrogen) atoms. The van der Waals surface area contributed by atoms with E-state index in [4.69, 9.17) is 4.74 Å². The lowest BCUT2D eigenvalue weighted by molar-refractivity contribution is -0.137. The van der Waals surface area contributed by atoms with E-state index in [0.717, 1.165) is 6.07 Å². The van der Waals surface area contributed by atoms with E-state index < -0.39 is 23.7 Å². The molecule has 1 rings (SSSR count). The molecule has 0 heterocycles. The first-order chi connectivity index (χ1) is 8.79. The number of carbonyl (C=O) groups excluding carboxylic acids is 1. The number of benzene rings is 1. The second-order valence-electron chi connectivity index (χ2n) is 3.91. The van der Waals surface area contributed by atoms with Gasteiger partial charge < -0.3 is 15.4 Å². The van der Waals surface area contributed by atoms with E-state index in [1.54, 1.807) is 14.0 Å². The van der Waals surface area contributed by atoms with Crippen molar-refractivity contribution in [3.05, 3.63) is 23.8 Å². The van der Waals surface area contributed by atoms with Crippen LogP contribution in [0, 0.1) is 0 Å². The molecule has 0 aromatic heterocycles. The van der Waals surface area contributed by atoms with E-state index in [2.05, 4.69) is 10.6 Å². The molecule has 0 aliphatic rings. The van der Waals surface area contributed by atoms with E-state index >= 15 is 0 Å². The summed E-state index contributed by atoms with van der Waals surface area (Å²) in [5.74, 6) is -0.467. The number of alkyl halides is 3. The molecule has 0 radical (unpaired) electrons. The van der Waals surface area contributed by atoms with Gasteiger partial charge in [0.1, 0.15) is 5.75 Å². The SMILES string of the molecule is CNC(C)C(=O)Nc1ccc(OC)cc1C(F)(F)F. The Labute approximate surface area is 108 Å². The number of carbonyl (C=O) groups is 1. The molecule has 0 aliphatic heterocycles. The average Bonchev–Trinajstić information content (AvgIpc) is 2.36. The second-order valence-corrected chi connectivity index (χ2v) is 3.91. The molecular weight excluding hydrogens is 261 g/mol. The van der Waals surface area contributed by atoms with Gasteiger partial charge in [0.2, 0.25) is 5.91 Å². The van der Waals surface area contributed by atoms with Gasteiger partial charge in [0.15, 0.2) is 0 Å². The predicted molar refractivity (Wildman–Crippen MR) is 65.1 cm³/mol. The highest BCUT2D eigenvalue weighted by Gasteiger charge is 2.34. The van der Waals surface area contributed by atoms with Crippen LogP contribution in [0.25, 0.3) is 0 Å². The minimum Gasteiger partial charge on any atom is -0.497 e. The largest absolute Gasteiger partial charge is 0.497 e. The molecule has 0 aliphatic carbocycles. The van der Waals surface area contributed by atoms with Gasteiger partial charge in [0.25, 0.3) is 0 Å². The lowest BCUT2D eigenvalue weighted by atomic mass is 10.1. The zero-order valence-corrected chi connectivity index (χ0v) is 10.8. The number of ether oxygens (including phenoxy) is 1. The monoisotopic (exact) mass is 276 g/mol. The van der Waals surface area contributed by atoms with Gasteiger partial charge in [0.05, 0.1) is 24.4 Å². The fraction of sp³-hybridized carbons (Fsp3) is 0.417. The van der Waals surface area contributed by atoms with Crippen LogP contribution >= 0.6 is 0 Å². The zero-order chi connectivity index (χ0) is 14.6. The Hall–Kier alpha value is -1.76. The van der Waals surface area contributed by atoms with Crippen molar-refractivity contribution in [2.24, 2.45) is 0 Å². The Morgan fingerprint density at radius 2 is 2.00 bits per heavy atom. The summed E-state index contributed by atoms with van der Waals surface area (Å²) < 4.78 is 43.4. The third kappa shape index (κ3) is 3.85. The Kier molecular flexibility index (Phi) is 4.77. The standard InChI is InChI=1S/C12H15F3N2O2/c1-7(16-2)11(18)17-10-5-4-8(19-3)6-9(10)12(13,14)15/h4-7,16H,1-3H3,(H,17,18). The highest BCUT2D eigenvalue weighted by Crippen LogP contribution is 2.37. The maximum Gasteiger partial charge on any atom is 0.418 e. The number of hydrogen-bond acceptors (Lipinski definition) is 3. The summed E-state index contributed by atoms with van der Waals surface area (Å²) in [6.45, 7) is 1.55. The van der Waals surface area contributed by atoms with Crippen molar-refractivity contribution in [3.8, 4) is 5.75 Å². The van der Waals surface area contributed by atoms with E-state index in [1.807, 2.05) is 0 Å². The van der Waals surface area contributed by atoms with Gasteiger partial charge in [-0.05, 0) is 32.2 Å².